The van der Waals surface area contributed by atoms with Gasteiger partial charge in [-0.2, -0.15) is 15.0 Å². The van der Waals surface area contributed by atoms with Crippen LogP contribution in [-0.2, 0) is 0 Å². The lowest BCUT2D eigenvalue weighted by Crippen LogP contribution is -2.25. The first-order chi connectivity index (χ1) is 9.10. The lowest BCUT2D eigenvalue weighted by atomic mass is 10.2. The van der Waals surface area contributed by atoms with Gasteiger partial charge in [-0.1, -0.05) is 13.8 Å². The number of nitrogens with zero attached hydrogens (tertiary/aromatic N) is 4. The number of nitrogens with one attached hydrogen (secondary N) is 1. The standard InChI is InChI=1S/C13H25N5O/c1-6-14-11-15-12(18(7-2)8-3)17-13(16-11)19-9-10(4)5/h10H,6-9H2,1-5H3,(H,14,15,16,17). The predicted molar refractivity (Wildman–Crippen MR) is 77.9 cm³/mol. The Kier molecular flexibility index (Phi) is 6.32. The summed E-state index contributed by atoms with van der Waals surface area (Å²) in [5.74, 6) is 1.67. The van der Waals surface area contributed by atoms with Crippen molar-refractivity contribution in [2.75, 3.05) is 36.5 Å². The molecule has 1 aromatic rings. The molecule has 0 saturated heterocycles. The van der Waals surface area contributed by atoms with Crippen molar-refractivity contribution >= 4 is 11.9 Å². The molecule has 0 bridgehead atoms. The second kappa shape index (κ2) is 7.76. The molecule has 0 unspecified atom stereocenters. The zero-order valence-electron chi connectivity index (χ0n) is 12.6. The Morgan fingerprint density at radius 3 is 2.32 bits per heavy atom. The van der Waals surface area contributed by atoms with Gasteiger partial charge in [0.2, 0.25) is 11.9 Å². The number of ether oxygens (including phenoxy) is 1. The van der Waals surface area contributed by atoms with Crippen LogP contribution < -0.4 is 15.0 Å². The van der Waals surface area contributed by atoms with Crippen LogP contribution in [0.1, 0.15) is 34.6 Å². The molecule has 0 radical (unpaired) electrons. The van der Waals surface area contributed by atoms with Gasteiger partial charge in [0, 0.05) is 19.6 Å². The van der Waals surface area contributed by atoms with Crippen LogP contribution in [-0.4, -0.2) is 41.2 Å². The summed E-state index contributed by atoms with van der Waals surface area (Å²) < 4.78 is 5.61. The number of rotatable bonds is 8. The number of anilines is 2. The fourth-order valence-corrected chi connectivity index (χ4v) is 1.54. The van der Waals surface area contributed by atoms with Crippen molar-refractivity contribution in [1.82, 2.24) is 15.0 Å². The molecule has 1 N–H and O–H groups in total. The lowest BCUT2D eigenvalue weighted by molar-refractivity contribution is 0.250. The topological polar surface area (TPSA) is 63.2 Å². The fraction of sp³-hybridized carbons (Fsp3) is 0.769. The molecule has 0 saturated carbocycles. The molecule has 0 amide bonds. The molecule has 6 nitrogen and oxygen atoms in total. The van der Waals surface area contributed by atoms with Crippen molar-refractivity contribution in [3.05, 3.63) is 0 Å². The van der Waals surface area contributed by atoms with Crippen LogP contribution in [0.15, 0.2) is 0 Å². The van der Waals surface area contributed by atoms with Gasteiger partial charge in [-0.15, -0.1) is 0 Å². The predicted octanol–water partition coefficient (Wildman–Crippen LogP) is 2.18. The first-order valence-electron chi connectivity index (χ1n) is 6.98. The maximum absolute atomic E-state index is 5.61. The molecule has 1 heterocycles. The average Bonchev–Trinajstić information content (AvgIpc) is 2.38. The molecule has 0 aliphatic rings. The third-order valence-electron chi connectivity index (χ3n) is 2.53. The highest BCUT2D eigenvalue weighted by Gasteiger charge is 2.12. The van der Waals surface area contributed by atoms with Crippen molar-refractivity contribution in [2.24, 2.45) is 5.92 Å². The monoisotopic (exact) mass is 267 g/mol. The van der Waals surface area contributed by atoms with E-state index in [9.17, 15) is 0 Å². The molecule has 0 aliphatic carbocycles. The zero-order valence-corrected chi connectivity index (χ0v) is 12.6. The Morgan fingerprint density at radius 2 is 1.79 bits per heavy atom. The Hall–Kier alpha value is -1.59. The minimum absolute atomic E-state index is 0.390. The van der Waals surface area contributed by atoms with Crippen LogP contribution in [0.4, 0.5) is 11.9 Å². The Bertz CT molecular complexity index is 379. The SMILES string of the molecule is CCNc1nc(OCC(C)C)nc(N(CC)CC)n1. The first kappa shape index (κ1) is 15.5. The van der Waals surface area contributed by atoms with Crippen LogP contribution in [0.25, 0.3) is 0 Å². The van der Waals surface area contributed by atoms with Crippen molar-refractivity contribution in [2.45, 2.75) is 34.6 Å². The maximum atomic E-state index is 5.61. The molecular formula is C13H25N5O. The molecule has 0 fully saturated rings. The summed E-state index contributed by atoms with van der Waals surface area (Å²) in [6.45, 7) is 13.4. The van der Waals surface area contributed by atoms with Crippen LogP contribution in [0, 0.1) is 5.92 Å². The van der Waals surface area contributed by atoms with Gasteiger partial charge in [-0.3, -0.25) is 0 Å². The van der Waals surface area contributed by atoms with Crippen molar-refractivity contribution in [3.8, 4) is 6.01 Å². The third-order valence-corrected chi connectivity index (χ3v) is 2.53. The number of hydrogen-bond acceptors (Lipinski definition) is 6. The van der Waals surface area contributed by atoms with E-state index in [1.165, 1.54) is 0 Å². The van der Waals surface area contributed by atoms with E-state index in [0.29, 0.717) is 30.4 Å². The van der Waals surface area contributed by atoms with E-state index in [1.807, 2.05) is 6.92 Å². The van der Waals surface area contributed by atoms with Crippen LogP contribution in [0.5, 0.6) is 6.01 Å². The van der Waals surface area contributed by atoms with Crippen LogP contribution in [0.3, 0.4) is 0 Å². The van der Waals surface area contributed by atoms with E-state index in [4.69, 9.17) is 4.74 Å². The summed E-state index contributed by atoms with van der Waals surface area (Å²) in [7, 11) is 0. The fourth-order valence-electron chi connectivity index (χ4n) is 1.54. The van der Waals surface area contributed by atoms with Gasteiger partial charge in [0.15, 0.2) is 0 Å². The highest BCUT2D eigenvalue weighted by molar-refractivity contribution is 5.38. The molecule has 6 heteroatoms. The second-order valence-corrected chi connectivity index (χ2v) is 4.65. The summed E-state index contributed by atoms with van der Waals surface area (Å²) in [4.78, 5) is 15.1. The number of aromatic nitrogens is 3. The summed E-state index contributed by atoms with van der Waals surface area (Å²) >= 11 is 0. The summed E-state index contributed by atoms with van der Waals surface area (Å²) in [5.41, 5.74) is 0. The molecule has 1 rings (SSSR count). The highest BCUT2D eigenvalue weighted by atomic mass is 16.5. The van der Waals surface area contributed by atoms with Crippen LogP contribution in [0.2, 0.25) is 0 Å². The first-order valence-corrected chi connectivity index (χ1v) is 6.98. The van der Waals surface area contributed by atoms with E-state index < -0.39 is 0 Å². The third kappa shape index (κ3) is 4.89. The highest BCUT2D eigenvalue weighted by Crippen LogP contribution is 2.15. The molecule has 1 aromatic heterocycles. The molecular weight excluding hydrogens is 242 g/mol. The summed E-state index contributed by atoms with van der Waals surface area (Å²) in [5, 5.41) is 3.11. The maximum Gasteiger partial charge on any atom is 0.323 e. The van der Waals surface area contributed by atoms with E-state index in [0.717, 1.165) is 19.6 Å². The van der Waals surface area contributed by atoms with Crippen molar-refractivity contribution < 1.29 is 4.74 Å². The number of hydrogen-bond donors (Lipinski definition) is 1. The van der Waals surface area contributed by atoms with Gasteiger partial charge in [0.1, 0.15) is 0 Å². The average molecular weight is 267 g/mol. The van der Waals surface area contributed by atoms with Gasteiger partial charge in [-0.05, 0) is 26.7 Å². The zero-order chi connectivity index (χ0) is 14.3. The summed E-state index contributed by atoms with van der Waals surface area (Å²) in [6, 6.07) is 0.390. The van der Waals surface area contributed by atoms with Crippen molar-refractivity contribution in [1.29, 1.82) is 0 Å². The Labute approximate surface area is 115 Å². The second-order valence-electron chi connectivity index (χ2n) is 4.65. The molecule has 0 spiro atoms. The molecule has 0 aliphatic heterocycles. The lowest BCUT2D eigenvalue weighted by Gasteiger charge is -2.19. The minimum Gasteiger partial charge on any atom is -0.463 e. The van der Waals surface area contributed by atoms with Gasteiger partial charge in [-0.25, -0.2) is 0 Å². The Balaban J connectivity index is 2.95. The molecule has 0 atom stereocenters. The molecule has 108 valence electrons. The van der Waals surface area contributed by atoms with Crippen LogP contribution >= 0.6 is 0 Å². The van der Waals surface area contributed by atoms with E-state index in [1.54, 1.807) is 0 Å². The minimum atomic E-state index is 0.390. The van der Waals surface area contributed by atoms with Gasteiger partial charge >= 0.3 is 6.01 Å². The van der Waals surface area contributed by atoms with Gasteiger partial charge in [0.05, 0.1) is 6.61 Å². The van der Waals surface area contributed by atoms with E-state index >= 15 is 0 Å². The normalized spacial score (nSPS) is 10.6. The quantitative estimate of drug-likeness (QED) is 0.779. The largest absolute Gasteiger partial charge is 0.463 e. The van der Waals surface area contributed by atoms with Gasteiger partial charge in [0.25, 0.3) is 0 Å². The smallest absolute Gasteiger partial charge is 0.323 e. The van der Waals surface area contributed by atoms with Gasteiger partial charge < -0.3 is 15.0 Å². The van der Waals surface area contributed by atoms with Crippen molar-refractivity contribution in [3.63, 3.8) is 0 Å². The Morgan fingerprint density at radius 1 is 1.11 bits per heavy atom. The van der Waals surface area contributed by atoms with E-state index in [2.05, 4.69) is 52.9 Å². The summed E-state index contributed by atoms with van der Waals surface area (Å²) in [6.07, 6.45) is 0. The van der Waals surface area contributed by atoms with E-state index in [-0.39, 0.29) is 0 Å². The molecule has 0 aromatic carbocycles. The molecule has 19 heavy (non-hydrogen) atoms.